The van der Waals surface area contributed by atoms with Crippen LogP contribution in [0.5, 0.6) is 11.5 Å². The lowest BCUT2D eigenvalue weighted by molar-refractivity contribution is -0.131. The number of rotatable bonds is 8. The minimum Gasteiger partial charge on any atom is -0.497 e. The van der Waals surface area contributed by atoms with Crippen molar-refractivity contribution in [2.24, 2.45) is 0 Å². The molecule has 0 unspecified atom stereocenters. The molecule has 1 aliphatic heterocycles. The number of benzene rings is 1. The zero-order chi connectivity index (χ0) is 18.1. The molecule has 138 valence electrons. The van der Waals surface area contributed by atoms with Gasteiger partial charge in [-0.3, -0.25) is 14.5 Å². The van der Waals surface area contributed by atoms with Gasteiger partial charge >= 0.3 is 0 Å². The molecule has 0 saturated carbocycles. The third kappa shape index (κ3) is 6.62. The third-order valence-electron chi connectivity index (χ3n) is 4.23. The Kier molecular flexibility index (Phi) is 7.53. The number of amides is 2. The second-order valence-corrected chi connectivity index (χ2v) is 5.97. The summed E-state index contributed by atoms with van der Waals surface area (Å²) in [5.41, 5.74) is 0. The maximum atomic E-state index is 11.9. The predicted octanol–water partition coefficient (Wildman–Crippen LogP) is 0.744. The van der Waals surface area contributed by atoms with Crippen molar-refractivity contribution in [3.05, 3.63) is 24.3 Å². The zero-order valence-electron chi connectivity index (χ0n) is 15.0. The lowest BCUT2D eigenvalue weighted by Crippen LogP contribution is -2.48. The summed E-state index contributed by atoms with van der Waals surface area (Å²) in [4.78, 5) is 27.2. The number of ether oxygens (including phenoxy) is 2. The summed E-state index contributed by atoms with van der Waals surface area (Å²) in [6, 6.07) is 7.34. The molecule has 0 aromatic heterocycles. The Morgan fingerprint density at radius 1 is 1.08 bits per heavy atom. The molecule has 0 spiro atoms. The van der Waals surface area contributed by atoms with Crippen LogP contribution in [-0.4, -0.2) is 74.6 Å². The number of carbonyl (C=O) groups excluding carboxylic acids is 2. The first-order chi connectivity index (χ1) is 12.1. The van der Waals surface area contributed by atoms with E-state index >= 15 is 0 Å². The zero-order valence-corrected chi connectivity index (χ0v) is 15.0. The summed E-state index contributed by atoms with van der Waals surface area (Å²) in [5.74, 6) is 1.67. The van der Waals surface area contributed by atoms with Gasteiger partial charge in [-0.25, -0.2) is 0 Å². The summed E-state index contributed by atoms with van der Waals surface area (Å²) >= 11 is 0. The van der Waals surface area contributed by atoms with E-state index in [-0.39, 0.29) is 11.8 Å². The van der Waals surface area contributed by atoms with Crippen molar-refractivity contribution in [2.45, 2.75) is 13.3 Å². The lowest BCUT2D eigenvalue weighted by atomic mass is 10.3. The molecule has 2 rings (SSSR count). The minimum absolute atomic E-state index is 0.0207. The highest BCUT2D eigenvalue weighted by Crippen LogP contribution is 2.16. The second-order valence-electron chi connectivity index (χ2n) is 5.97. The van der Waals surface area contributed by atoms with Gasteiger partial charge in [0.1, 0.15) is 18.1 Å². The average molecular weight is 349 g/mol. The van der Waals surface area contributed by atoms with E-state index in [0.29, 0.717) is 19.6 Å². The van der Waals surface area contributed by atoms with Crippen LogP contribution in [-0.2, 0) is 9.59 Å². The number of carbonyl (C=O) groups is 2. The van der Waals surface area contributed by atoms with E-state index in [0.717, 1.165) is 44.2 Å². The molecule has 1 fully saturated rings. The van der Waals surface area contributed by atoms with Gasteiger partial charge in [-0.15, -0.1) is 0 Å². The first kappa shape index (κ1) is 19.1. The molecule has 0 aliphatic carbocycles. The number of piperazine rings is 1. The van der Waals surface area contributed by atoms with Crippen molar-refractivity contribution in [3.63, 3.8) is 0 Å². The Morgan fingerprint density at radius 3 is 2.32 bits per heavy atom. The van der Waals surface area contributed by atoms with Crippen molar-refractivity contribution >= 4 is 11.8 Å². The van der Waals surface area contributed by atoms with Crippen molar-refractivity contribution < 1.29 is 19.1 Å². The van der Waals surface area contributed by atoms with Crippen molar-refractivity contribution in [2.75, 3.05) is 53.0 Å². The van der Waals surface area contributed by atoms with Gasteiger partial charge in [0.25, 0.3) is 0 Å². The number of methoxy groups -OCH3 is 1. The fourth-order valence-corrected chi connectivity index (χ4v) is 2.67. The van der Waals surface area contributed by atoms with Crippen LogP contribution in [0.2, 0.25) is 0 Å². The van der Waals surface area contributed by atoms with Gasteiger partial charge in [-0.1, -0.05) is 0 Å². The maximum absolute atomic E-state index is 11.9. The fraction of sp³-hybridized carbons (Fsp3) is 0.556. The summed E-state index contributed by atoms with van der Waals surface area (Å²) in [6.45, 7) is 6.35. The van der Waals surface area contributed by atoms with Gasteiger partial charge in [0.05, 0.1) is 13.7 Å². The summed E-state index contributed by atoms with van der Waals surface area (Å²) in [7, 11) is 1.62. The van der Waals surface area contributed by atoms with Crippen LogP contribution in [0.1, 0.15) is 13.3 Å². The highest BCUT2D eigenvalue weighted by atomic mass is 16.5. The second kappa shape index (κ2) is 9.88. The van der Waals surface area contributed by atoms with E-state index in [9.17, 15) is 9.59 Å². The van der Waals surface area contributed by atoms with E-state index in [1.165, 1.54) is 0 Å². The van der Waals surface area contributed by atoms with Crippen LogP contribution in [0.25, 0.3) is 0 Å². The smallest absolute Gasteiger partial charge is 0.221 e. The highest BCUT2D eigenvalue weighted by Gasteiger charge is 2.18. The molecule has 1 aromatic carbocycles. The molecule has 1 aromatic rings. The molecule has 1 heterocycles. The molecule has 1 saturated heterocycles. The monoisotopic (exact) mass is 349 g/mol. The standard InChI is InChI=1S/C18H27N3O4/c1-15(22)21-12-10-20(11-13-21)9-7-18(23)19-8-14-25-17-5-3-16(24-2)4-6-17/h3-6H,7-14H2,1-2H3,(H,19,23). The van der Waals surface area contributed by atoms with Gasteiger partial charge in [-0.05, 0) is 24.3 Å². The fourth-order valence-electron chi connectivity index (χ4n) is 2.67. The van der Waals surface area contributed by atoms with Gasteiger partial charge in [-0.2, -0.15) is 0 Å². The molecule has 1 N–H and O–H groups in total. The lowest BCUT2D eigenvalue weighted by Gasteiger charge is -2.34. The molecule has 7 nitrogen and oxygen atoms in total. The molecular weight excluding hydrogens is 322 g/mol. The largest absolute Gasteiger partial charge is 0.497 e. The van der Waals surface area contributed by atoms with Crippen LogP contribution < -0.4 is 14.8 Å². The summed E-state index contributed by atoms with van der Waals surface area (Å²) in [6.07, 6.45) is 0.461. The summed E-state index contributed by atoms with van der Waals surface area (Å²) < 4.78 is 10.7. The molecular formula is C18H27N3O4. The quantitative estimate of drug-likeness (QED) is 0.701. The van der Waals surface area contributed by atoms with E-state index in [2.05, 4.69) is 10.2 Å². The van der Waals surface area contributed by atoms with Crippen LogP contribution in [0.3, 0.4) is 0 Å². The SMILES string of the molecule is COc1ccc(OCCNC(=O)CCN2CCN(C(C)=O)CC2)cc1. The Hall–Kier alpha value is -2.28. The Morgan fingerprint density at radius 2 is 1.72 bits per heavy atom. The number of nitrogens with zero attached hydrogens (tertiary/aromatic N) is 2. The number of nitrogens with one attached hydrogen (secondary N) is 1. The van der Waals surface area contributed by atoms with Gasteiger partial charge < -0.3 is 19.7 Å². The molecule has 2 amide bonds. The first-order valence-electron chi connectivity index (χ1n) is 8.60. The van der Waals surface area contributed by atoms with Crippen LogP contribution >= 0.6 is 0 Å². The van der Waals surface area contributed by atoms with Crippen molar-refractivity contribution in [1.82, 2.24) is 15.1 Å². The van der Waals surface area contributed by atoms with Crippen LogP contribution in [0.4, 0.5) is 0 Å². The highest BCUT2D eigenvalue weighted by molar-refractivity contribution is 5.76. The predicted molar refractivity (Wildman–Crippen MR) is 94.8 cm³/mol. The molecule has 1 aliphatic rings. The van der Waals surface area contributed by atoms with Crippen molar-refractivity contribution in [1.29, 1.82) is 0 Å². The maximum Gasteiger partial charge on any atom is 0.221 e. The first-order valence-corrected chi connectivity index (χ1v) is 8.60. The molecule has 0 bridgehead atoms. The van der Waals surface area contributed by atoms with Gasteiger partial charge in [0.15, 0.2) is 0 Å². The topological polar surface area (TPSA) is 71.1 Å². The molecule has 0 atom stereocenters. The van der Waals surface area contributed by atoms with Gasteiger partial charge in [0.2, 0.25) is 11.8 Å². The van der Waals surface area contributed by atoms with E-state index in [1.807, 2.05) is 29.2 Å². The van der Waals surface area contributed by atoms with Gasteiger partial charge in [0, 0.05) is 46.1 Å². The molecule has 25 heavy (non-hydrogen) atoms. The Balaban J connectivity index is 1.54. The number of hydrogen-bond acceptors (Lipinski definition) is 5. The molecule has 0 radical (unpaired) electrons. The third-order valence-corrected chi connectivity index (χ3v) is 4.23. The minimum atomic E-state index is 0.0207. The Labute approximate surface area is 148 Å². The molecule has 7 heteroatoms. The van der Waals surface area contributed by atoms with Crippen LogP contribution in [0, 0.1) is 0 Å². The van der Waals surface area contributed by atoms with Crippen molar-refractivity contribution in [3.8, 4) is 11.5 Å². The van der Waals surface area contributed by atoms with Crippen LogP contribution in [0.15, 0.2) is 24.3 Å². The average Bonchev–Trinajstić information content (AvgIpc) is 2.64. The van der Waals surface area contributed by atoms with E-state index < -0.39 is 0 Å². The Bertz CT molecular complexity index is 554. The number of hydrogen-bond donors (Lipinski definition) is 1. The summed E-state index contributed by atoms with van der Waals surface area (Å²) in [5, 5.41) is 2.86. The van der Waals surface area contributed by atoms with E-state index in [4.69, 9.17) is 9.47 Å². The normalized spacial score (nSPS) is 14.9. The van der Waals surface area contributed by atoms with E-state index in [1.54, 1.807) is 14.0 Å².